The minimum absolute atomic E-state index is 0.0484. The molecule has 2 bridgehead atoms. The van der Waals surface area contributed by atoms with Gasteiger partial charge in [-0.15, -0.1) is 0 Å². The summed E-state index contributed by atoms with van der Waals surface area (Å²) in [6.45, 7) is 6.42. The lowest BCUT2D eigenvalue weighted by Gasteiger charge is -2.43. The molecule has 3 saturated carbocycles. The molecule has 0 N–H and O–H groups in total. The van der Waals surface area contributed by atoms with Crippen LogP contribution < -0.4 is 0 Å². The van der Waals surface area contributed by atoms with Crippen LogP contribution in [0.4, 0.5) is 0 Å². The Morgan fingerprint density at radius 2 is 2.00 bits per heavy atom. The van der Waals surface area contributed by atoms with Gasteiger partial charge in [-0.25, -0.2) is 0 Å². The van der Waals surface area contributed by atoms with Gasteiger partial charge in [0.05, 0.1) is 24.7 Å². The van der Waals surface area contributed by atoms with Gasteiger partial charge in [0.2, 0.25) is 5.78 Å². The first-order chi connectivity index (χ1) is 16.2. The van der Waals surface area contributed by atoms with Crippen molar-refractivity contribution in [2.45, 2.75) is 50.7 Å². The molecule has 0 radical (unpaired) electrons. The van der Waals surface area contributed by atoms with E-state index in [1.807, 2.05) is 6.92 Å². The Hall–Kier alpha value is -2.16. The maximum Gasteiger partial charge on any atom is 0.323 e. The number of rotatable bonds is 9. The molecule has 7 atom stereocenters. The number of fused-ring (bicyclic) bond motifs is 3. The van der Waals surface area contributed by atoms with Crippen LogP contribution in [0.5, 0.6) is 0 Å². The van der Waals surface area contributed by atoms with Gasteiger partial charge in [-0.1, -0.05) is 25.2 Å². The van der Waals surface area contributed by atoms with Gasteiger partial charge in [0, 0.05) is 25.6 Å². The molecular weight excluding hydrogens is 440 g/mol. The number of nitrogens with zero attached hydrogens (tertiary/aromatic N) is 2. The van der Waals surface area contributed by atoms with Gasteiger partial charge in [-0.2, -0.15) is 4.79 Å². The first-order valence-corrected chi connectivity index (χ1v) is 11.7. The van der Waals surface area contributed by atoms with Crippen LogP contribution in [0, 0.1) is 28.6 Å². The Labute approximate surface area is 200 Å². The SMILES string of the molecule is C=C1C[C@]23C[C@@]1(OCOC)CC[C@H]2C1=C[C@H](OCOC)C[C@@](C)(C(=O)C=[N+]=[N-])[C@H]1[C@@H]3C(=O)OC. The number of ether oxygens (including phenoxy) is 5. The monoisotopic (exact) mass is 474 g/mol. The van der Waals surface area contributed by atoms with Gasteiger partial charge in [0.1, 0.15) is 13.6 Å². The number of carbonyl (C=O) groups is 2. The number of esters is 1. The number of Topliss-reactive ketones (excluding diaryl/α,β-unsaturated/α-hetero) is 1. The van der Waals surface area contributed by atoms with E-state index in [1.54, 1.807) is 14.2 Å². The molecule has 9 nitrogen and oxygen atoms in total. The minimum Gasteiger partial charge on any atom is -0.469 e. The first kappa shape index (κ1) is 24.9. The van der Waals surface area contributed by atoms with Crippen molar-refractivity contribution >= 4 is 18.0 Å². The molecule has 0 heterocycles. The molecule has 0 aromatic carbocycles. The van der Waals surface area contributed by atoms with Crippen LogP contribution >= 0.6 is 0 Å². The van der Waals surface area contributed by atoms with E-state index in [2.05, 4.69) is 17.4 Å². The molecule has 4 rings (SSSR count). The highest BCUT2D eigenvalue weighted by molar-refractivity contribution is 6.28. The minimum atomic E-state index is -1.03. The van der Waals surface area contributed by atoms with Gasteiger partial charge < -0.3 is 29.2 Å². The third-order valence-corrected chi connectivity index (χ3v) is 8.78. The summed E-state index contributed by atoms with van der Waals surface area (Å²) in [5.74, 6) is -1.62. The summed E-state index contributed by atoms with van der Waals surface area (Å²) < 4.78 is 27.8. The molecule has 0 unspecified atom stereocenters. The molecule has 0 aromatic heterocycles. The van der Waals surface area contributed by atoms with E-state index in [-0.39, 0.29) is 37.4 Å². The number of methoxy groups -OCH3 is 3. The molecule has 0 aromatic rings. The molecular formula is C25H34N2O7. The summed E-state index contributed by atoms with van der Waals surface area (Å²) in [5.41, 5.74) is 9.08. The lowest BCUT2D eigenvalue weighted by molar-refractivity contribution is -0.162. The van der Waals surface area contributed by atoms with Gasteiger partial charge in [-0.3, -0.25) is 9.59 Å². The Morgan fingerprint density at radius 1 is 1.26 bits per heavy atom. The van der Waals surface area contributed by atoms with Crippen molar-refractivity contribution < 1.29 is 38.1 Å². The number of carbonyl (C=O) groups excluding carboxylic acids is 2. The van der Waals surface area contributed by atoms with E-state index in [9.17, 15) is 9.59 Å². The zero-order chi connectivity index (χ0) is 24.7. The standard InChI is InChI=1S/C25H34N2O7/c1-15-9-24-12-25(15,34-14-31-4)7-6-18(24)17-8-16(33-13-30-3)10-23(2,19(28)11-27-26)20(17)21(24)22(29)32-5/h8,11,16,18,20-21H,1,6-7,9-10,12-14H2,2-5H3/t16-,18-,20+,21+,23-,24-,25-/m0/s1. The van der Waals surface area contributed by atoms with Crippen LogP contribution in [0.25, 0.3) is 5.53 Å². The third-order valence-electron chi connectivity index (χ3n) is 8.78. The Kier molecular flexibility index (Phi) is 6.70. The van der Waals surface area contributed by atoms with Gasteiger partial charge in [-0.05, 0) is 49.0 Å². The fourth-order valence-corrected chi connectivity index (χ4v) is 7.52. The summed E-state index contributed by atoms with van der Waals surface area (Å²) in [7, 11) is 4.52. The van der Waals surface area contributed by atoms with Crippen LogP contribution in [-0.2, 0) is 33.3 Å². The summed E-state index contributed by atoms with van der Waals surface area (Å²) in [4.78, 5) is 29.9. The van der Waals surface area contributed by atoms with E-state index in [4.69, 9.17) is 29.2 Å². The molecule has 0 saturated heterocycles. The van der Waals surface area contributed by atoms with Gasteiger partial charge in [0.15, 0.2) is 0 Å². The highest BCUT2D eigenvalue weighted by Gasteiger charge is 2.73. The maximum atomic E-state index is 13.5. The fraction of sp³-hybridized carbons (Fsp3) is 0.720. The van der Waals surface area contributed by atoms with Crippen molar-refractivity contribution in [3.8, 4) is 0 Å². The molecule has 4 aliphatic carbocycles. The topological polar surface area (TPSA) is 117 Å². The summed E-state index contributed by atoms with van der Waals surface area (Å²) in [6.07, 6.45) is 5.73. The number of hydrogen-bond donors (Lipinski definition) is 0. The van der Waals surface area contributed by atoms with Crippen LogP contribution in [0.15, 0.2) is 23.8 Å². The normalized spacial score (nSPS) is 40.1. The molecule has 186 valence electrons. The largest absolute Gasteiger partial charge is 0.469 e. The second-order valence-corrected chi connectivity index (χ2v) is 10.3. The smallest absolute Gasteiger partial charge is 0.323 e. The number of allylic oxidation sites excluding steroid dienone is 1. The van der Waals surface area contributed by atoms with Crippen LogP contribution in [-0.4, -0.2) is 69.4 Å². The van der Waals surface area contributed by atoms with Crippen LogP contribution in [0.2, 0.25) is 0 Å². The van der Waals surface area contributed by atoms with Crippen molar-refractivity contribution in [3.63, 3.8) is 0 Å². The lowest BCUT2D eigenvalue weighted by Crippen LogP contribution is -2.49. The number of hydrogen-bond acceptors (Lipinski definition) is 7. The first-order valence-electron chi connectivity index (χ1n) is 11.7. The molecule has 34 heavy (non-hydrogen) atoms. The molecule has 4 aliphatic rings. The van der Waals surface area contributed by atoms with Crippen LogP contribution in [0.1, 0.15) is 39.0 Å². The van der Waals surface area contributed by atoms with E-state index in [0.29, 0.717) is 19.3 Å². The highest BCUT2D eigenvalue weighted by Crippen LogP contribution is 2.74. The Morgan fingerprint density at radius 3 is 2.65 bits per heavy atom. The second-order valence-electron chi connectivity index (χ2n) is 10.3. The van der Waals surface area contributed by atoms with Crippen molar-refractivity contribution in [2.75, 3.05) is 34.9 Å². The summed E-state index contributed by atoms with van der Waals surface area (Å²) >= 11 is 0. The van der Waals surface area contributed by atoms with Crippen molar-refractivity contribution in [1.82, 2.24) is 0 Å². The molecule has 9 heteroatoms. The van der Waals surface area contributed by atoms with E-state index in [1.165, 1.54) is 7.11 Å². The predicted octanol–water partition coefficient (Wildman–Crippen LogP) is 2.71. The van der Waals surface area contributed by atoms with Crippen molar-refractivity contribution in [1.29, 1.82) is 0 Å². The predicted molar refractivity (Wildman–Crippen MR) is 120 cm³/mol. The maximum absolute atomic E-state index is 13.5. The Bertz CT molecular complexity index is 957. The fourth-order valence-electron chi connectivity index (χ4n) is 7.52. The molecule has 0 amide bonds. The Balaban J connectivity index is 1.87. The number of ketones is 1. The van der Waals surface area contributed by atoms with E-state index < -0.39 is 28.3 Å². The van der Waals surface area contributed by atoms with Gasteiger partial charge in [0.25, 0.3) is 0 Å². The molecule has 1 spiro atoms. The zero-order valence-corrected chi connectivity index (χ0v) is 20.4. The lowest BCUT2D eigenvalue weighted by atomic mass is 9.60. The average molecular weight is 475 g/mol. The highest BCUT2D eigenvalue weighted by atomic mass is 16.7. The second kappa shape index (κ2) is 9.13. The summed E-state index contributed by atoms with van der Waals surface area (Å²) in [6, 6.07) is 0. The third kappa shape index (κ3) is 3.53. The van der Waals surface area contributed by atoms with E-state index >= 15 is 0 Å². The summed E-state index contributed by atoms with van der Waals surface area (Å²) in [5, 5.41) is 0. The van der Waals surface area contributed by atoms with Crippen molar-refractivity contribution in [3.05, 3.63) is 29.3 Å². The molecule has 0 aliphatic heterocycles. The van der Waals surface area contributed by atoms with Crippen molar-refractivity contribution in [2.24, 2.45) is 28.6 Å². The molecule has 3 fully saturated rings. The van der Waals surface area contributed by atoms with E-state index in [0.717, 1.165) is 30.2 Å². The average Bonchev–Trinajstić information content (AvgIpc) is 3.22. The quantitative estimate of drug-likeness (QED) is 0.126. The zero-order valence-electron chi connectivity index (χ0n) is 20.4. The van der Waals surface area contributed by atoms with Crippen LogP contribution in [0.3, 0.4) is 0 Å². The van der Waals surface area contributed by atoms with Gasteiger partial charge >= 0.3 is 12.2 Å².